The van der Waals surface area contributed by atoms with Gasteiger partial charge in [0.2, 0.25) is 0 Å². The van der Waals surface area contributed by atoms with Crippen molar-refractivity contribution in [3.05, 3.63) is 42.5 Å². The first-order valence-corrected chi connectivity index (χ1v) is 7.19. The van der Waals surface area contributed by atoms with Gasteiger partial charge in [-0.05, 0) is 31.0 Å². The van der Waals surface area contributed by atoms with E-state index in [2.05, 4.69) is 20.4 Å². The molecule has 3 heterocycles. The number of ether oxygens (including phenoxy) is 1. The predicted molar refractivity (Wildman–Crippen MR) is 81.2 cm³/mol. The van der Waals surface area contributed by atoms with Crippen LogP contribution < -0.4 is 5.32 Å². The van der Waals surface area contributed by atoms with Crippen molar-refractivity contribution in [2.45, 2.75) is 18.9 Å². The number of nitrogens with zero attached hydrogens (tertiary/aromatic N) is 4. The fourth-order valence-corrected chi connectivity index (χ4v) is 2.28. The second-order valence-corrected chi connectivity index (χ2v) is 4.96. The highest BCUT2D eigenvalue weighted by atomic mass is 16.5. The summed E-state index contributed by atoms with van der Waals surface area (Å²) in [5.74, 6) is -0.274. The molecular formula is C15H17N5O2. The number of nitrogens with one attached hydrogen (secondary N) is 1. The molecule has 0 aliphatic carbocycles. The number of rotatable bonds is 4. The van der Waals surface area contributed by atoms with Gasteiger partial charge in [0.1, 0.15) is 0 Å². The number of carbonyl (C=O) groups is 1. The van der Waals surface area contributed by atoms with Crippen LogP contribution in [0.2, 0.25) is 0 Å². The standard InChI is InChI=1S/C15H17N5O2/c21-15(18-11-17-12-1-6-16-7-2-12)14-3-8-20(19-14)13-4-9-22-10-5-13/h1-3,6-8,11,13H,4-5,9-10H2,(H,16,17,18,21). The fraction of sp³-hybridized carbons (Fsp3) is 0.333. The Labute approximate surface area is 128 Å². The Morgan fingerprint density at radius 1 is 1.32 bits per heavy atom. The van der Waals surface area contributed by atoms with Crippen LogP contribution in [0.3, 0.4) is 0 Å². The lowest BCUT2D eigenvalue weighted by Crippen LogP contribution is -2.23. The van der Waals surface area contributed by atoms with Crippen LogP contribution in [0.25, 0.3) is 0 Å². The molecular weight excluding hydrogens is 282 g/mol. The highest BCUT2D eigenvalue weighted by Crippen LogP contribution is 2.19. The first-order valence-electron chi connectivity index (χ1n) is 7.19. The van der Waals surface area contributed by atoms with Gasteiger partial charge in [-0.15, -0.1) is 0 Å². The third-order valence-corrected chi connectivity index (χ3v) is 3.48. The van der Waals surface area contributed by atoms with Crippen molar-refractivity contribution in [1.82, 2.24) is 20.1 Å². The minimum absolute atomic E-state index is 0.274. The lowest BCUT2D eigenvalue weighted by molar-refractivity contribution is 0.0660. The molecule has 1 N–H and O–H groups in total. The van der Waals surface area contributed by atoms with E-state index in [0.717, 1.165) is 31.7 Å². The number of pyridine rings is 1. The van der Waals surface area contributed by atoms with Gasteiger partial charge >= 0.3 is 0 Å². The van der Waals surface area contributed by atoms with Gasteiger partial charge in [-0.3, -0.25) is 14.5 Å². The molecule has 114 valence electrons. The normalized spacial score (nSPS) is 16.0. The van der Waals surface area contributed by atoms with Crippen molar-refractivity contribution < 1.29 is 9.53 Å². The van der Waals surface area contributed by atoms with E-state index >= 15 is 0 Å². The highest BCUT2D eigenvalue weighted by Gasteiger charge is 2.17. The first-order chi connectivity index (χ1) is 10.8. The Balaban J connectivity index is 1.58. The second-order valence-electron chi connectivity index (χ2n) is 4.96. The Bertz CT molecular complexity index is 647. The van der Waals surface area contributed by atoms with Crippen molar-refractivity contribution in [2.75, 3.05) is 13.2 Å². The van der Waals surface area contributed by atoms with Crippen molar-refractivity contribution in [2.24, 2.45) is 4.99 Å². The monoisotopic (exact) mass is 299 g/mol. The van der Waals surface area contributed by atoms with Gasteiger partial charge in [0.15, 0.2) is 5.69 Å². The Hall–Kier alpha value is -2.54. The highest BCUT2D eigenvalue weighted by molar-refractivity contribution is 5.99. The summed E-state index contributed by atoms with van der Waals surface area (Å²) in [6, 6.07) is 5.52. The van der Waals surface area contributed by atoms with Crippen molar-refractivity contribution >= 4 is 17.9 Å². The smallest absolute Gasteiger partial charge is 0.276 e. The molecule has 0 radical (unpaired) electrons. The third-order valence-electron chi connectivity index (χ3n) is 3.48. The first kappa shape index (κ1) is 14.4. The van der Waals surface area contributed by atoms with Crippen molar-refractivity contribution in [3.63, 3.8) is 0 Å². The van der Waals surface area contributed by atoms with Crippen LogP contribution in [0.1, 0.15) is 29.4 Å². The number of hydrogen-bond donors (Lipinski definition) is 1. The number of aliphatic imine (C=N–C) groups is 1. The topological polar surface area (TPSA) is 81.4 Å². The molecule has 1 aliphatic heterocycles. The van der Waals surface area contributed by atoms with E-state index in [1.165, 1.54) is 6.34 Å². The third kappa shape index (κ3) is 3.56. The van der Waals surface area contributed by atoms with Gasteiger partial charge < -0.3 is 10.1 Å². The summed E-state index contributed by atoms with van der Waals surface area (Å²) in [5.41, 5.74) is 1.11. The Morgan fingerprint density at radius 3 is 2.86 bits per heavy atom. The molecule has 1 aliphatic rings. The van der Waals surface area contributed by atoms with Gasteiger partial charge in [-0.1, -0.05) is 0 Å². The molecule has 0 atom stereocenters. The zero-order valence-corrected chi connectivity index (χ0v) is 12.1. The van der Waals surface area contributed by atoms with E-state index < -0.39 is 0 Å². The quantitative estimate of drug-likeness (QED) is 0.688. The number of hydrogen-bond acceptors (Lipinski definition) is 5. The van der Waals surface area contributed by atoms with E-state index in [1.807, 2.05) is 10.9 Å². The zero-order chi connectivity index (χ0) is 15.2. The van der Waals surface area contributed by atoms with Gasteiger partial charge in [0.05, 0.1) is 18.1 Å². The average Bonchev–Trinajstić information content (AvgIpc) is 3.07. The largest absolute Gasteiger partial charge is 0.381 e. The summed E-state index contributed by atoms with van der Waals surface area (Å²) in [6.45, 7) is 1.48. The van der Waals surface area contributed by atoms with Crippen LogP contribution in [0.15, 0.2) is 41.8 Å². The summed E-state index contributed by atoms with van der Waals surface area (Å²) in [7, 11) is 0. The zero-order valence-electron chi connectivity index (χ0n) is 12.1. The van der Waals surface area contributed by atoms with E-state index in [9.17, 15) is 4.79 Å². The van der Waals surface area contributed by atoms with E-state index in [-0.39, 0.29) is 5.91 Å². The SMILES string of the molecule is O=C(NC=Nc1ccncc1)c1ccn(C2CCOCC2)n1. The molecule has 2 aromatic heterocycles. The maximum Gasteiger partial charge on any atom is 0.276 e. The van der Waals surface area contributed by atoms with Gasteiger partial charge in [-0.2, -0.15) is 5.10 Å². The summed E-state index contributed by atoms with van der Waals surface area (Å²) in [6.07, 6.45) is 8.34. The van der Waals surface area contributed by atoms with E-state index in [0.29, 0.717) is 11.7 Å². The molecule has 0 spiro atoms. The van der Waals surface area contributed by atoms with Crippen LogP contribution in [0, 0.1) is 0 Å². The minimum atomic E-state index is -0.274. The number of aromatic nitrogens is 3. The molecule has 1 amide bonds. The molecule has 1 fully saturated rings. The lowest BCUT2D eigenvalue weighted by atomic mass is 10.1. The summed E-state index contributed by atoms with van der Waals surface area (Å²) < 4.78 is 7.17. The number of amides is 1. The molecule has 0 unspecified atom stereocenters. The number of carbonyl (C=O) groups excluding carboxylic acids is 1. The fourth-order valence-electron chi connectivity index (χ4n) is 2.28. The molecule has 0 aromatic carbocycles. The maximum absolute atomic E-state index is 12.0. The molecule has 3 rings (SSSR count). The summed E-state index contributed by atoms with van der Waals surface area (Å²) in [5, 5.41) is 6.95. The Kier molecular flexibility index (Phi) is 4.55. The van der Waals surface area contributed by atoms with Gasteiger partial charge in [0.25, 0.3) is 5.91 Å². The van der Waals surface area contributed by atoms with Crippen molar-refractivity contribution in [3.8, 4) is 0 Å². The van der Waals surface area contributed by atoms with E-state index in [4.69, 9.17) is 4.74 Å². The lowest BCUT2D eigenvalue weighted by Gasteiger charge is -2.22. The minimum Gasteiger partial charge on any atom is -0.381 e. The summed E-state index contributed by atoms with van der Waals surface area (Å²) >= 11 is 0. The average molecular weight is 299 g/mol. The second kappa shape index (κ2) is 6.95. The van der Waals surface area contributed by atoms with Crippen LogP contribution in [-0.2, 0) is 4.74 Å². The molecule has 7 heteroatoms. The molecule has 0 saturated carbocycles. The summed E-state index contributed by atoms with van der Waals surface area (Å²) in [4.78, 5) is 20.0. The van der Waals surface area contributed by atoms with Crippen LogP contribution in [-0.4, -0.2) is 40.2 Å². The molecule has 1 saturated heterocycles. The van der Waals surface area contributed by atoms with E-state index in [1.54, 1.807) is 30.6 Å². The molecule has 2 aromatic rings. The van der Waals surface area contributed by atoms with Gasteiger partial charge in [-0.25, -0.2) is 4.99 Å². The molecule has 0 bridgehead atoms. The molecule has 7 nitrogen and oxygen atoms in total. The maximum atomic E-state index is 12.0. The van der Waals surface area contributed by atoms with Gasteiger partial charge in [0, 0.05) is 31.8 Å². The Morgan fingerprint density at radius 2 is 2.09 bits per heavy atom. The molecule has 22 heavy (non-hydrogen) atoms. The van der Waals surface area contributed by atoms with Crippen LogP contribution >= 0.6 is 0 Å². The van der Waals surface area contributed by atoms with Crippen LogP contribution in [0.4, 0.5) is 5.69 Å². The van der Waals surface area contributed by atoms with Crippen LogP contribution in [0.5, 0.6) is 0 Å². The predicted octanol–water partition coefficient (Wildman–Crippen LogP) is 1.72. The van der Waals surface area contributed by atoms with Crippen molar-refractivity contribution in [1.29, 1.82) is 0 Å².